The molecule has 0 heterocycles. The van der Waals surface area contributed by atoms with Crippen molar-refractivity contribution in [2.75, 3.05) is 6.61 Å². The summed E-state index contributed by atoms with van der Waals surface area (Å²) in [7, 11) is 0. The van der Waals surface area contributed by atoms with E-state index >= 15 is 0 Å². The molecule has 0 saturated carbocycles. The summed E-state index contributed by atoms with van der Waals surface area (Å²) in [6.07, 6.45) is 9.17. The fourth-order valence-corrected chi connectivity index (χ4v) is 3.41. The van der Waals surface area contributed by atoms with Crippen LogP contribution in [0.2, 0.25) is 15.1 Å². The number of ether oxygens (including phenoxy) is 2. The number of hydrogen-bond donors (Lipinski definition) is 0. The Hall–Kier alpha value is -0.970. The lowest BCUT2D eigenvalue weighted by atomic mass is 9.94. The molecule has 28 heavy (non-hydrogen) atoms. The lowest BCUT2D eigenvalue weighted by Gasteiger charge is -2.21. The highest BCUT2D eigenvalue weighted by Gasteiger charge is 2.40. The maximum atomic E-state index is 12.5. The second-order valence-corrected chi connectivity index (χ2v) is 8.57. The quantitative estimate of drug-likeness (QED) is 0.145. The van der Waals surface area contributed by atoms with Crippen molar-refractivity contribution in [2.24, 2.45) is 5.41 Å². The monoisotopic (exact) mass is 450 g/mol. The van der Waals surface area contributed by atoms with Crippen molar-refractivity contribution in [3.8, 4) is 5.75 Å². The van der Waals surface area contributed by atoms with Gasteiger partial charge in [0.05, 0.1) is 16.7 Å². The Kier molecular flexibility index (Phi) is 11.2. The highest BCUT2D eigenvalue weighted by molar-refractivity contribution is 6.40. The summed E-state index contributed by atoms with van der Waals surface area (Å²) >= 11 is 17.9. The van der Waals surface area contributed by atoms with Crippen molar-refractivity contribution in [1.82, 2.24) is 0 Å². The van der Waals surface area contributed by atoms with Crippen LogP contribution in [-0.2, 0) is 14.3 Å². The van der Waals surface area contributed by atoms with E-state index in [1.54, 1.807) is 0 Å². The molecule has 0 atom stereocenters. The Labute approximate surface area is 182 Å². The topological polar surface area (TPSA) is 52.6 Å². The maximum Gasteiger partial charge on any atom is 0.328 e. The molecule has 0 amide bonds. The number of carbonyl (C=O) groups excluding carboxylic acids is 2. The van der Waals surface area contributed by atoms with Gasteiger partial charge in [0.1, 0.15) is 0 Å². The third kappa shape index (κ3) is 8.18. The molecule has 0 bridgehead atoms. The molecule has 0 saturated heterocycles. The highest BCUT2D eigenvalue weighted by Crippen LogP contribution is 2.37. The third-order valence-corrected chi connectivity index (χ3v) is 5.19. The molecule has 0 aliphatic heterocycles. The summed E-state index contributed by atoms with van der Waals surface area (Å²) in [5.74, 6) is -1.46. The first-order valence-electron chi connectivity index (χ1n) is 9.74. The van der Waals surface area contributed by atoms with Crippen molar-refractivity contribution in [3.05, 3.63) is 27.2 Å². The largest absolute Gasteiger partial charge is 0.465 e. The smallest absolute Gasteiger partial charge is 0.328 e. The molecule has 0 radical (unpaired) electrons. The third-order valence-electron chi connectivity index (χ3n) is 4.41. The van der Waals surface area contributed by atoms with Crippen LogP contribution in [0.5, 0.6) is 5.75 Å². The van der Waals surface area contributed by atoms with Gasteiger partial charge in [-0.2, -0.15) is 0 Å². The van der Waals surface area contributed by atoms with Crippen molar-refractivity contribution in [1.29, 1.82) is 0 Å². The molecule has 7 heteroatoms. The van der Waals surface area contributed by atoms with Crippen LogP contribution in [-0.4, -0.2) is 18.5 Å². The molecule has 1 aromatic carbocycles. The molecular weight excluding hydrogens is 423 g/mol. The zero-order valence-corrected chi connectivity index (χ0v) is 19.1. The normalized spacial score (nSPS) is 11.4. The number of hydrogen-bond acceptors (Lipinski definition) is 4. The van der Waals surface area contributed by atoms with E-state index in [4.69, 9.17) is 44.3 Å². The van der Waals surface area contributed by atoms with Gasteiger partial charge in [-0.1, -0.05) is 86.7 Å². The van der Waals surface area contributed by atoms with Gasteiger partial charge in [0.15, 0.2) is 11.2 Å². The zero-order chi connectivity index (χ0) is 21.2. The molecular formula is C21H29Cl3O4. The highest BCUT2D eigenvalue weighted by atomic mass is 35.5. The molecule has 1 rings (SSSR count). The van der Waals surface area contributed by atoms with Crippen molar-refractivity contribution < 1.29 is 19.1 Å². The summed E-state index contributed by atoms with van der Waals surface area (Å²) in [4.78, 5) is 24.8. The molecule has 0 aliphatic carbocycles. The van der Waals surface area contributed by atoms with Crippen LogP contribution in [0.4, 0.5) is 0 Å². The lowest BCUT2D eigenvalue weighted by Crippen LogP contribution is -2.38. The van der Waals surface area contributed by atoms with Gasteiger partial charge < -0.3 is 9.47 Å². The molecule has 1 aromatic rings. The molecule has 0 aliphatic rings. The van der Waals surface area contributed by atoms with Crippen LogP contribution in [0.25, 0.3) is 0 Å². The Bertz CT molecular complexity index is 636. The van der Waals surface area contributed by atoms with Crippen molar-refractivity contribution >= 4 is 46.7 Å². The fourth-order valence-electron chi connectivity index (χ4n) is 2.51. The van der Waals surface area contributed by atoms with Gasteiger partial charge in [-0.3, -0.25) is 9.59 Å². The van der Waals surface area contributed by atoms with Crippen LogP contribution in [0, 0.1) is 5.41 Å². The molecule has 158 valence electrons. The molecule has 0 aromatic heterocycles. The Morgan fingerprint density at radius 2 is 1.36 bits per heavy atom. The van der Waals surface area contributed by atoms with Gasteiger partial charge in [-0.15, -0.1) is 0 Å². The molecule has 0 spiro atoms. The number of halogens is 3. The molecule has 0 fully saturated rings. The Balaban J connectivity index is 2.42. The number of rotatable bonds is 12. The minimum absolute atomic E-state index is 0.0262. The minimum atomic E-state index is -1.48. The van der Waals surface area contributed by atoms with E-state index < -0.39 is 17.4 Å². The zero-order valence-electron chi connectivity index (χ0n) is 16.8. The average molecular weight is 452 g/mol. The molecule has 0 unspecified atom stereocenters. The average Bonchev–Trinajstić information content (AvgIpc) is 2.62. The molecule has 4 nitrogen and oxygen atoms in total. The first kappa shape index (κ1) is 25.1. The van der Waals surface area contributed by atoms with E-state index in [2.05, 4.69) is 6.92 Å². The first-order chi connectivity index (χ1) is 13.2. The number of unbranched alkanes of at least 4 members (excludes halogenated alkanes) is 7. The van der Waals surface area contributed by atoms with Gasteiger partial charge in [0.2, 0.25) is 0 Å². The van der Waals surface area contributed by atoms with Gasteiger partial charge >= 0.3 is 11.9 Å². The maximum absolute atomic E-state index is 12.5. The van der Waals surface area contributed by atoms with Crippen LogP contribution in [0.1, 0.15) is 72.1 Å². The van der Waals surface area contributed by atoms with Crippen LogP contribution < -0.4 is 4.74 Å². The predicted octanol–water partition coefficient (Wildman–Crippen LogP) is 7.26. The lowest BCUT2D eigenvalue weighted by molar-refractivity contribution is -0.164. The summed E-state index contributed by atoms with van der Waals surface area (Å²) in [6, 6.07) is 2.82. The van der Waals surface area contributed by atoms with Gasteiger partial charge in [-0.25, -0.2) is 0 Å². The van der Waals surface area contributed by atoms with E-state index in [0.29, 0.717) is 5.02 Å². The SMILES string of the molecule is CCCCCCCCCCOC(=O)C(C)(C)C(=O)Oc1c(Cl)cc(Cl)cc1Cl. The number of esters is 2. The fraction of sp³-hybridized carbons (Fsp3) is 0.619. The van der Waals surface area contributed by atoms with E-state index in [9.17, 15) is 9.59 Å². The van der Waals surface area contributed by atoms with E-state index in [1.165, 1.54) is 58.1 Å². The van der Waals surface area contributed by atoms with Gasteiger partial charge in [0, 0.05) is 5.02 Å². The Morgan fingerprint density at radius 1 is 0.857 bits per heavy atom. The van der Waals surface area contributed by atoms with Gasteiger partial charge in [-0.05, 0) is 32.4 Å². The van der Waals surface area contributed by atoms with E-state index in [0.717, 1.165) is 19.3 Å². The second kappa shape index (κ2) is 12.6. The van der Waals surface area contributed by atoms with Crippen molar-refractivity contribution in [2.45, 2.75) is 72.1 Å². The van der Waals surface area contributed by atoms with Gasteiger partial charge in [0.25, 0.3) is 0 Å². The second-order valence-electron chi connectivity index (χ2n) is 7.32. The van der Waals surface area contributed by atoms with Crippen LogP contribution >= 0.6 is 34.8 Å². The molecule has 0 N–H and O–H groups in total. The van der Waals surface area contributed by atoms with Crippen molar-refractivity contribution in [3.63, 3.8) is 0 Å². The summed E-state index contributed by atoms with van der Waals surface area (Å²) < 4.78 is 10.5. The van der Waals surface area contributed by atoms with Crippen LogP contribution in [0.3, 0.4) is 0 Å². The summed E-state index contributed by atoms with van der Waals surface area (Å²) in [5, 5.41) is 0.502. The van der Waals surface area contributed by atoms with Crippen LogP contribution in [0.15, 0.2) is 12.1 Å². The number of carbonyl (C=O) groups is 2. The summed E-state index contributed by atoms with van der Waals surface area (Å²) in [6.45, 7) is 5.38. The minimum Gasteiger partial charge on any atom is -0.465 e. The summed E-state index contributed by atoms with van der Waals surface area (Å²) in [5.41, 5.74) is -1.48. The van der Waals surface area contributed by atoms with E-state index in [1.807, 2.05) is 0 Å². The first-order valence-corrected chi connectivity index (χ1v) is 10.9. The standard InChI is InChI=1S/C21H29Cl3O4/c1-4-5-6-7-8-9-10-11-12-27-19(25)21(2,3)20(26)28-18-16(23)13-15(22)14-17(18)24/h13-14H,4-12H2,1-3H3. The number of benzene rings is 1. The van der Waals surface area contributed by atoms with E-state index in [-0.39, 0.29) is 22.4 Å². The Morgan fingerprint density at radius 3 is 1.89 bits per heavy atom. The predicted molar refractivity (Wildman–Crippen MR) is 114 cm³/mol.